The van der Waals surface area contributed by atoms with Crippen LogP contribution in [0.5, 0.6) is 0 Å². The van der Waals surface area contributed by atoms with Crippen LogP contribution in [0.4, 0.5) is 0 Å². The number of aryl methyl sites for hydroxylation is 1. The lowest BCUT2D eigenvalue weighted by molar-refractivity contribution is 1.21. The van der Waals surface area contributed by atoms with Crippen LogP contribution in [0.15, 0.2) is 147 Å². The maximum Gasteiger partial charge on any atom is 0.0711 e. The van der Waals surface area contributed by atoms with Gasteiger partial charge in [-0.3, -0.25) is 24.9 Å². The van der Waals surface area contributed by atoms with E-state index in [1.807, 2.05) is 98.1 Å². The van der Waals surface area contributed by atoms with Crippen LogP contribution in [0.3, 0.4) is 0 Å². The summed E-state index contributed by atoms with van der Waals surface area (Å²) in [5.74, 6) is 0. The molecule has 0 aliphatic carbocycles. The second kappa shape index (κ2) is 11.6. The van der Waals surface area contributed by atoms with Gasteiger partial charge in [-0.05, 0) is 160 Å². The summed E-state index contributed by atoms with van der Waals surface area (Å²) in [6.45, 7) is 2.06. The minimum absolute atomic E-state index is 0.918. The van der Waals surface area contributed by atoms with Gasteiger partial charge in [-0.1, -0.05) is 0 Å². The van der Waals surface area contributed by atoms with Gasteiger partial charge in [0.1, 0.15) is 0 Å². The number of pyridine rings is 5. The number of benzene rings is 2. The Labute approximate surface area is 250 Å². The van der Waals surface area contributed by atoms with Crippen molar-refractivity contribution in [3.8, 4) is 66.9 Å². The standard InChI is InChI=1S/C38H27N5/c1-26-18-31(36-21-32(27-2-10-39-11-3-27)19-33(22-36)28-4-12-40-13-5-28)25-38(43-26)37-23-34(29-6-14-41-15-7-29)20-35(24-37)30-8-16-42-17-9-30/h2-25H,1H3. The molecule has 7 aromatic rings. The van der Waals surface area contributed by atoms with Crippen LogP contribution in [0.1, 0.15) is 5.69 Å². The van der Waals surface area contributed by atoms with Gasteiger partial charge < -0.3 is 0 Å². The molecule has 0 atom stereocenters. The molecule has 5 aromatic heterocycles. The summed E-state index contributed by atoms with van der Waals surface area (Å²) in [6, 6.07) is 34.0. The van der Waals surface area contributed by atoms with E-state index in [0.717, 1.165) is 72.6 Å². The highest BCUT2D eigenvalue weighted by molar-refractivity contribution is 5.84. The number of hydrogen-bond acceptors (Lipinski definition) is 5. The third-order valence-electron chi connectivity index (χ3n) is 7.50. The molecule has 5 nitrogen and oxygen atoms in total. The zero-order valence-corrected chi connectivity index (χ0v) is 23.6. The molecule has 0 aliphatic rings. The first kappa shape index (κ1) is 26.1. The average molecular weight is 554 g/mol. The number of nitrogens with zero attached hydrogens (tertiary/aromatic N) is 5. The van der Waals surface area contributed by atoms with E-state index in [1.54, 1.807) is 0 Å². The van der Waals surface area contributed by atoms with Crippen LogP contribution in [0.2, 0.25) is 0 Å². The molecule has 0 aliphatic heterocycles. The molecule has 5 heteroatoms. The highest BCUT2D eigenvalue weighted by Crippen LogP contribution is 2.36. The number of rotatable bonds is 6. The van der Waals surface area contributed by atoms with Gasteiger partial charge in [0, 0.05) is 60.8 Å². The van der Waals surface area contributed by atoms with Gasteiger partial charge in [-0.25, -0.2) is 0 Å². The van der Waals surface area contributed by atoms with Crippen molar-refractivity contribution in [2.24, 2.45) is 0 Å². The third kappa shape index (κ3) is 5.69. The summed E-state index contributed by atoms with van der Waals surface area (Å²) in [6.07, 6.45) is 14.6. The lowest BCUT2D eigenvalue weighted by Gasteiger charge is -2.14. The molecular weight excluding hydrogens is 526 g/mol. The minimum Gasteiger partial charge on any atom is -0.265 e. The van der Waals surface area contributed by atoms with Gasteiger partial charge in [0.15, 0.2) is 0 Å². The summed E-state index contributed by atoms with van der Waals surface area (Å²) in [5, 5.41) is 0. The van der Waals surface area contributed by atoms with Crippen molar-refractivity contribution >= 4 is 0 Å². The first-order valence-corrected chi connectivity index (χ1v) is 14.1. The largest absolute Gasteiger partial charge is 0.265 e. The molecule has 43 heavy (non-hydrogen) atoms. The van der Waals surface area contributed by atoms with Gasteiger partial charge in [-0.15, -0.1) is 0 Å². The van der Waals surface area contributed by atoms with E-state index < -0.39 is 0 Å². The van der Waals surface area contributed by atoms with E-state index in [4.69, 9.17) is 4.98 Å². The van der Waals surface area contributed by atoms with Crippen LogP contribution in [0.25, 0.3) is 66.9 Å². The van der Waals surface area contributed by atoms with Gasteiger partial charge in [0.2, 0.25) is 0 Å². The highest BCUT2D eigenvalue weighted by Gasteiger charge is 2.13. The molecule has 0 unspecified atom stereocenters. The topological polar surface area (TPSA) is 64.5 Å². The van der Waals surface area contributed by atoms with Gasteiger partial charge in [0.05, 0.1) is 5.69 Å². The monoisotopic (exact) mass is 553 g/mol. The van der Waals surface area contributed by atoms with Crippen molar-refractivity contribution < 1.29 is 0 Å². The Bertz CT molecular complexity index is 1750. The fourth-order valence-electron chi connectivity index (χ4n) is 5.40. The fourth-order valence-corrected chi connectivity index (χ4v) is 5.40. The highest BCUT2D eigenvalue weighted by atomic mass is 14.7. The molecule has 0 N–H and O–H groups in total. The summed E-state index contributed by atoms with van der Waals surface area (Å²) in [7, 11) is 0. The van der Waals surface area contributed by atoms with Gasteiger partial charge in [-0.2, -0.15) is 0 Å². The summed E-state index contributed by atoms with van der Waals surface area (Å²) in [5.41, 5.74) is 14.0. The second-order valence-corrected chi connectivity index (χ2v) is 10.4. The van der Waals surface area contributed by atoms with Crippen molar-refractivity contribution in [1.29, 1.82) is 0 Å². The minimum atomic E-state index is 0.918. The van der Waals surface area contributed by atoms with Crippen LogP contribution in [0, 0.1) is 6.92 Å². The predicted octanol–water partition coefficient (Wildman–Crippen LogP) is 8.97. The molecular formula is C38H27N5. The maximum absolute atomic E-state index is 5.02. The normalized spacial score (nSPS) is 10.9. The van der Waals surface area contributed by atoms with E-state index in [2.05, 4.69) is 75.4 Å². The number of aromatic nitrogens is 5. The van der Waals surface area contributed by atoms with Crippen molar-refractivity contribution in [3.63, 3.8) is 0 Å². The van der Waals surface area contributed by atoms with Gasteiger partial charge >= 0.3 is 0 Å². The Hall–Kier alpha value is -5.81. The van der Waals surface area contributed by atoms with E-state index in [0.29, 0.717) is 0 Å². The quantitative estimate of drug-likeness (QED) is 0.206. The molecule has 0 saturated carbocycles. The Balaban J connectivity index is 1.40. The molecule has 0 fully saturated rings. The average Bonchev–Trinajstić information content (AvgIpc) is 3.09. The van der Waals surface area contributed by atoms with E-state index >= 15 is 0 Å². The van der Waals surface area contributed by atoms with E-state index in [1.165, 1.54) is 0 Å². The summed E-state index contributed by atoms with van der Waals surface area (Å²) < 4.78 is 0. The lowest BCUT2D eigenvalue weighted by atomic mass is 9.92. The SMILES string of the molecule is Cc1cc(-c2cc(-c3ccncc3)cc(-c3ccncc3)c2)cc(-c2cc(-c3ccncc3)cc(-c3ccncc3)c2)n1. The predicted molar refractivity (Wildman–Crippen MR) is 173 cm³/mol. The molecule has 204 valence electrons. The van der Waals surface area contributed by atoms with E-state index in [9.17, 15) is 0 Å². The Morgan fingerprint density at radius 2 is 0.581 bits per heavy atom. The molecule has 5 heterocycles. The molecule has 0 spiro atoms. The van der Waals surface area contributed by atoms with Crippen LogP contribution >= 0.6 is 0 Å². The molecule has 7 rings (SSSR count). The van der Waals surface area contributed by atoms with Crippen LogP contribution < -0.4 is 0 Å². The van der Waals surface area contributed by atoms with Crippen LogP contribution in [-0.2, 0) is 0 Å². The molecule has 0 bridgehead atoms. The Kier molecular flexibility index (Phi) is 7.04. The maximum atomic E-state index is 5.02. The second-order valence-electron chi connectivity index (χ2n) is 10.4. The smallest absolute Gasteiger partial charge is 0.0711 e. The van der Waals surface area contributed by atoms with Gasteiger partial charge in [0.25, 0.3) is 0 Å². The molecule has 0 saturated heterocycles. The van der Waals surface area contributed by atoms with E-state index in [-0.39, 0.29) is 0 Å². The first-order chi connectivity index (χ1) is 21.2. The van der Waals surface area contributed by atoms with Crippen molar-refractivity contribution in [2.45, 2.75) is 6.92 Å². The zero-order chi connectivity index (χ0) is 29.0. The van der Waals surface area contributed by atoms with Crippen molar-refractivity contribution in [2.75, 3.05) is 0 Å². The summed E-state index contributed by atoms with van der Waals surface area (Å²) in [4.78, 5) is 21.9. The number of hydrogen-bond donors (Lipinski definition) is 0. The van der Waals surface area contributed by atoms with Crippen LogP contribution in [-0.4, -0.2) is 24.9 Å². The van der Waals surface area contributed by atoms with Crippen molar-refractivity contribution in [1.82, 2.24) is 24.9 Å². The lowest BCUT2D eigenvalue weighted by Crippen LogP contribution is -1.93. The van der Waals surface area contributed by atoms with Crippen molar-refractivity contribution in [3.05, 3.63) is 152 Å². The third-order valence-corrected chi connectivity index (χ3v) is 7.50. The molecule has 0 radical (unpaired) electrons. The zero-order valence-electron chi connectivity index (χ0n) is 23.6. The fraction of sp³-hybridized carbons (Fsp3) is 0.0263. The first-order valence-electron chi connectivity index (χ1n) is 14.1. The Morgan fingerprint density at radius 1 is 0.302 bits per heavy atom. The molecule has 0 amide bonds. The molecule has 2 aromatic carbocycles. The summed E-state index contributed by atoms with van der Waals surface area (Å²) >= 11 is 0. The Morgan fingerprint density at radius 3 is 0.930 bits per heavy atom.